The Hall–Kier alpha value is -5.23. The van der Waals surface area contributed by atoms with Gasteiger partial charge < -0.3 is 30.6 Å². The van der Waals surface area contributed by atoms with Crippen molar-refractivity contribution in [2.75, 3.05) is 7.11 Å². The number of carbonyl (C=O) groups is 6. The summed E-state index contributed by atoms with van der Waals surface area (Å²) in [6.45, 7) is 0. The van der Waals surface area contributed by atoms with E-state index >= 15 is 0 Å². The number of halogens is 1. The number of hydrogen-bond donors (Lipinski definition) is 5. The van der Waals surface area contributed by atoms with E-state index in [1.54, 1.807) is 24.3 Å². The van der Waals surface area contributed by atoms with E-state index in [1.165, 1.54) is 0 Å². The first kappa shape index (κ1) is 34.6. The van der Waals surface area contributed by atoms with Gasteiger partial charge in [0.05, 0.1) is 31.9 Å². The minimum atomic E-state index is -1.42. The van der Waals surface area contributed by atoms with Crippen molar-refractivity contribution >= 4 is 68.8 Å². The zero-order valence-corrected chi connectivity index (χ0v) is 26.2. The normalized spacial score (nSPS) is 13.0. The van der Waals surface area contributed by atoms with Gasteiger partial charge in [0.15, 0.2) is 5.78 Å². The van der Waals surface area contributed by atoms with Gasteiger partial charge in [0, 0.05) is 34.5 Å². The highest BCUT2D eigenvalue weighted by molar-refractivity contribution is 6.31. The van der Waals surface area contributed by atoms with E-state index in [0.29, 0.717) is 10.7 Å². The first-order valence-electron chi connectivity index (χ1n) is 14.8. The number of Topliss-reactive ketones (excluding diaryl/α,β-unsaturated/α-hetero) is 1. The number of fused-ring (bicyclic) bond motifs is 2. The van der Waals surface area contributed by atoms with Gasteiger partial charge in [0.2, 0.25) is 11.8 Å². The number of H-pyrrole nitrogens is 1. The average Bonchev–Trinajstić information content (AvgIpc) is 3.42. The van der Waals surface area contributed by atoms with Crippen molar-refractivity contribution in [1.29, 1.82) is 0 Å². The molecule has 0 aliphatic heterocycles. The molecule has 12 nitrogen and oxygen atoms in total. The van der Waals surface area contributed by atoms with E-state index < -0.39 is 72.8 Å². The third-order valence-electron chi connectivity index (χ3n) is 7.66. The van der Waals surface area contributed by atoms with Gasteiger partial charge in [-0.25, -0.2) is 4.79 Å². The lowest BCUT2D eigenvalue weighted by molar-refractivity contribution is -0.147. The van der Waals surface area contributed by atoms with E-state index in [4.69, 9.17) is 16.7 Å². The number of aliphatic carboxylic acids is 2. The summed E-state index contributed by atoms with van der Waals surface area (Å²) >= 11 is 6.08. The maximum atomic E-state index is 13.8. The summed E-state index contributed by atoms with van der Waals surface area (Å²) in [5, 5.41) is 26.9. The Morgan fingerprint density at radius 3 is 2.28 bits per heavy atom. The molecule has 0 unspecified atom stereocenters. The number of carbonyl (C=O) groups excluding carboxylic acids is 4. The molecule has 0 saturated carbocycles. The molecule has 4 rings (SSSR count). The number of amides is 2. The van der Waals surface area contributed by atoms with Gasteiger partial charge in [-0.1, -0.05) is 54.1 Å². The number of nitrogens with one attached hydrogen (secondary N) is 3. The third kappa shape index (κ3) is 9.88. The monoisotopic (exact) mass is 663 g/mol. The second-order valence-corrected chi connectivity index (χ2v) is 11.6. The Bertz CT molecular complexity index is 1820. The highest BCUT2D eigenvalue weighted by Gasteiger charge is 2.32. The number of ether oxygens (including phenoxy) is 1. The van der Waals surface area contributed by atoms with Crippen molar-refractivity contribution in [3.63, 3.8) is 0 Å². The standard InChI is InChI=1S/C34H34ClN3O9/c1-47-34(46)27(10-11-31(41)42)38-33(45)23(17-32(43)44)16-29(39)28(13-19-6-7-20-4-2-3-5-21(20)12-19)37-30(40)18-25-15-22-14-24(35)8-9-26(22)36-25/h2-9,12,14-15,23,27-28,36H,10-11,13,16-18H2,1H3,(H,37,40)(H,38,45)(H,41,42)(H,43,44)/t23-,27-,28-/m0/s1. The molecule has 0 bridgehead atoms. The molecule has 0 aliphatic carbocycles. The minimum Gasteiger partial charge on any atom is -0.481 e. The lowest BCUT2D eigenvalue weighted by atomic mass is 9.91. The van der Waals surface area contributed by atoms with Gasteiger partial charge in [-0.05, 0) is 53.4 Å². The number of methoxy groups -OCH3 is 1. The van der Waals surface area contributed by atoms with Crippen LogP contribution in [-0.4, -0.2) is 69.9 Å². The molecule has 13 heteroatoms. The van der Waals surface area contributed by atoms with Crippen LogP contribution in [0.25, 0.3) is 21.7 Å². The van der Waals surface area contributed by atoms with Crippen LogP contribution in [0, 0.1) is 5.92 Å². The maximum Gasteiger partial charge on any atom is 0.328 e. The first-order chi connectivity index (χ1) is 22.4. The molecule has 0 aliphatic rings. The Morgan fingerprint density at radius 1 is 0.830 bits per heavy atom. The Morgan fingerprint density at radius 2 is 1.57 bits per heavy atom. The third-order valence-corrected chi connectivity index (χ3v) is 7.89. The SMILES string of the molecule is COC(=O)[C@H](CCC(=O)O)NC(=O)[C@H](CC(=O)O)CC(=O)[C@H](Cc1ccc2ccccc2c1)NC(=O)Cc1cc2cc(Cl)ccc2[nH]1. The Balaban J connectivity index is 1.56. The molecule has 1 aromatic heterocycles. The van der Waals surface area contributed by atoms with Crippen molar-refractivity contribution in [3.05, 3.63) is 83.0 Å². The zero-order valence-electron chi connectivity index (χ0n) is 25.5. The second-order valence-electron chi connectivity index (χ2n) is 11.2. The average molecular weight is 664 g/mol. The molecule has 1 heterocycles. The number of aromatic nitrogens is 1. The van der Waals surface area contributed by atoms with E-state index in [2.05, 4.69) is 20.4 Å². The number of benzene rings is 3. The smallest absolute Gasteiger partial charge is 0.328 e. The predicted molar refractivity (Wildman–Crippen MR) is 173 cm³/mol. The van der Waals surface area contributed by atoms with Crippen LogP contribution in [0.2, 0.25) is 5.02 Å². The van der Waals surface area contributed by atoms with Gasteiger partial charge >= 0.3 is 17.9 Å². The van der Waals surface area contributed by atoms with Crippen LogP contribution in [0.1, 0.15) is 36.9 Å². The topological polar surface area (TPSA) is 192 Å². The van der Waals surface area contributed by atoms with Crippen LogP contribution >= 0.6 is 11.6 Å². The van der Waals surface area contributed by atoms with Crippen molar-refractivity contribution in [2.45, 2.75) is 50.6 Å². The highest BCUT2D eigenvalue weighted by Crippen LogP contribution is 2.22. The molecule has 0 saturated heterocycles. The number of carboxylic acid groups (broad SMARTS) is 2. The molecular formula is C34H34ClN3O9. The molecule has 0 spiro atoms. The first-order valence-corrected chi connectivity index (χ1v) is 15.2. The van der Waals surface area contributed by atoms with Crippen LogP contribution in [0.3, 0.4) is 0 Å². The van der Waals surface area contributed by atoms with E-state index in [1.807, 2.05) is 42.5 Å². The number of esters is 1. The summed E-state index contributed by atoms with van der Waals surface area (Å²) in [5.41, 5.74) is 2.08. The summed E-state index contributed by atoms with van der Waals surface area (Å²) in [7, 11) is 1.06. The van der Waals surface area contributed by atoms with Crippen LogP contribution in [0.15, 0.2) is 66.7 Å². The zero-order chi connectivity index (χ0) is 34.1. The number of ketones is 1. The van der Waals surface area contributed by atoms with Gasteiger partial charge in [-0.3, -0.25) is 24.0 Å². The fraction of sp³-hybridized carbons (Fsp3) is 0.294. The van der Waals surface area contributed by atoms with Crippen molar-refractivity contribution < 1.29 is 43.7 Å². The highest BCUT2D eigenvalue weighted by atomic mass is 35.5. The number of rotatable bonds is 16. The summed E-state index contributed by atoms with van der Waals surface area (Å²) < 4.78 is 4.65. The fourth-order valence-corrected chi connectivity index (χ4v) is 5.51. The molecule has 246 valence electrons. The molecule has 47 heavy (non-hydrogen) atoms. The van der Waals surface area contributed by atoms with E-state index in [0.717, 1.165) is 34.3 Å². The molecular weight excluding hydrogens is 630 g/mol. The van der Waals surface area contributed by atoms with Crippen LogP contribution in [0.4, 0.5) is 0 Å². The molecule has 2 amide bonds. The van der Waals surface area contributed by atoms with Gasteiger partial charge in [-0.15, -0.1) is 0 Å². The van der Waals surface area contributed by atoms with Crippen LogP contribution < -0.4 is 10.6 Å². The van der Waals surface area contributed by atoms with Gasteiger partial charge in [0.1, 0.15) is 6.04 Å². The summed E-state index contributed by atoms with van der Waals surface area (Å²) in [6.07, 6.45) is -2.14. The van der Waals surface area contributed by atoms with E-state index in [-0.39, 0.29) is 19.3 Å². The number of aromatic amines is 1. The van der Waals surface area contributed by atoms with Gasteiger partial charge in [-0.2, -0.15) is 0 Å². The molecule has 3 atom stereocenters. The quantitative estimate of drug-likeness (QED) is 0.111. The van der Waals surface area contributed by atoms with Gasteiger partial charge in [0.25, 0.3) is 0 Å². The second kappa shape index (κ2) is 15.9. The predicted octanol–water partition coefficient (Wildman–Crippen LogP) is 3.82. The lowest BCUT2D eigenvalue weighted by Crippen LogP contribution is -2.47. The van der Waals surface area contributed by atoms with Crippen molar-refractivity contribution in [2.24, 2.45) is 5.92 Å². The lowest BCUT2D eigenvalue weighted by Gasteiger charge is -2.23. The van der Waals surface area contributed by atoms with Crippen molar-refractivity contribution in [1.82, 2.24) is 15.6 Å². The van der Waals surface area contributed by atoms with Crippen LogP contribution in [0.5, 0.6) is 0 Å². The maximum absolute atomic E-state index is 13.8. The van der Waals surface area contributed by atoms with Crippen molar-refractivity contribution in [3.8, 4) is 0 Å². The van der Waals surface area contributed by atoms with Crippen LogP contribution in [-0.2, 0) is 46.3 Å². The molecule has 4 aromatic rings. The number of hydrogen-bond acceptors (Lipinski definition) is 7. The Labute approximate surface area is 274 Å². The summed E-state index contributed by atoms with van der Waals surface area (Å²) in [6, 6.07) is 17.7. The fourth-order valence-electron chi connectivity index (χ4n) is 5.33. The molecule has 5 N–H and O–H groups in total. The largest absolute Gasteiger partial charge is 0.481 e. The molecule has 3 aromatic carbocycles. The molecule has 0 radical (unpaired) electrons. The summed E-state index contributed by atoms with van der Waals surface area (Å²) in [5.74, 6) is -6.95. The molecule has 0 fully saturated rings. The van der Waals surface area contributed by atoms with E-state index in [9.17, 15) is 33.9 Å². The Kier molecular flexibility index (Phi) is 11.7. The number of carboxylic acids is 2. The minimum absolute atomic E-state index is 0.0581. The summed E-state index contributed by atoms with van der Waals surface area (Å²) in [4.78, 5) is 78.4.